The summed E-state index contributed by atoms with van der Waals surface area (Å²) in [4.78, 5) is 0. The Balaban J connectivity index is 4.81. The molecule has 0 saturated heterocycles. The lowest BCUT2D eigenvalue weighted by Crippen LogP contribution is -2.49. The molecule has 0 rings (SSSR count). The van der Waals surface area contributed by atoms with Crippen molar-refractivity contribution in [2.75, 3.05) is 26.3 Å². The van der Waals surface area contributed by atoms with Crippen molar-refractivity contribution in [2.24, 2.45) is 11.5 Å². The van der Waals surface area contributed by atoms with Gasteiger partial charge in [-0.25, -0.2) is 0 Å². The molecule has 0 saturated carbocycles. The summed E-state index contributed by atoms with van der Waals surface area (Å²) in [5.41, 5.74) is 11.3. The molecule has 0 aromatic rings. The van der Waals surface area contributed by atoms with Gasteiger partial charge in [-0.1, -0.05) is 20.8 Å². The van der Waals surface area contributed by atoms with Crippen LogP contribution in [0.3, 0.4) is 0 Å². The van der Waals surface area contributed by atoms with Crippen molar-refractivity contribution < 1.29 is 13.3 Å². The molecule has 0 aromatic carbocycles. The van der Waals surface area contributed by atoms with Crippen molar-refractivity contribution in [2.45, 2.75) is 71.4 Å². The fraction of sp³-hybridized carbons (Fsp3) is 1.00. The van der Waals surface area contributed by atoms with Gasteiger partial charge < -0.3 is 24.7 Å². The number of rotatable bonds is 15. The van der Waals surface area contributed by atoms with Crippen LogP contribution in [0, 0.1) is 0 Å². The van der Waals surface area contributed by atoms with Crippen LogP contribution in [0.4, 0.5) is 0 Å². The summed E-state index contributed by atoms with van der Waals surface area (Å²) in [6.07, 6.45) is 5.89. The minimum absolute atomic E-state index is 0.173. The Hall–Kier alpha value is 0.0169. The molecule has 0 bridgehead atoms. The standard InChI is InChI=1S/C15H36N2O3Si/c1-4-12-18-21(14-8-11-17,19-13-5-2)20-15(6-3)9-7-10-16/h15H,4-14,16-17H2,1-3H3. The highest BCUT2D eigenvalue weighted by atomic mass is 28.4. The third-order valence-electron chi connectivity index (χ3n) is 3.27. The van der Waals surface area contributed by atoms with E-state index in [0.717, 1.165) is 44.6 Å². The van der Waals surface area contributed by atoms with Crippen molar-refractivity contribution in [1.82, 2.24) is 0 Å². The number of hydrogen-bond donors (Lipinski definition) is 2. The number of nitrogens with two attached hydrogens (primary N) is 2. The van der Waals surface area contributed by atoms with Gasteiger partial charge >= 0.3 is 8.80 Å². The molecule has 128 valence electrons. The fourth-order valence-corrected chi connectivity index (χ4v) is 5.18. The zero-order valence-corrected chi connectivity index (χ0v) is 15.2. The minimum atomic E-state index is -2.61. The first-order valence-corrected chi connectivity index (χ1v) is 10.5. The van der Waals surface area contributed by atoms with E-state index in [9.17, 15) is 0 Å². The highest BCUT2D eigenvalue weighted by molar-refractivity contribution is 6.60. The normalized spacial score (nSPS) is 13.6. The van der Waals surface area contributed by atoms with Gasteiger partial charge in [-0.15, -0.1) is 0 Å². The summed E-state index contributed by atoms with van der Waals surface area (Å²) in [5, 5.41) is 0. The van der Waals surface area contributed by atoms with E-state index in [1.165, 1.54) is 0 Å². The molecule has 0 aromatic heterocycles. The van der Waals surface area contributed by atoms with Crippen LogP contribution in [0.2, 0.25) is 6.04 Å². The molecule has 21 heavy (non-hydrogen) atoms. The fourth-order valence-electron chi connectivity index (χ4n) is 2.09. The van der Waals surface area contributed by atoms with E-state index in [-0.39, 0.29) is 6.10 Å². The maximum atomic E-state index is 6.38. The van der Waals surface area contributed by atoms with Crippen LogP contribution >= 0.6 is 0 Å². The first-order valence-electron chi connectivity index (χ1n) is 8.53. The van der Waals surface area contributed by atoms with Gasteiger partial charge in [-0.05, 0) is 51.6 Å². The maximum Gasteiger partial charge on any atom is 0.501 e. The Morgan fingerprint density at radius 3 is 1.90 bits per heavy atom. The second-order valence-electron chi connectivity index (χ2n) is 5.35. The van der Waals surface area contributed by atoms with E-state index in [2.05, 4.69) is 20.8 Å². The maximum absolute atomic E-state index is 6.38. The van der Waals surface area contributed by atoms with E-state index in [0.29, 0.717) is 26.3 Å². The molecule has 0 aliphatic heterocycles. The van der Waals surface area contributed by atoms with E-state index in [1.54, 1.807) is 0 Å². The van der Waals surface area contributed by atoms with E-state index >= 15 is 0 Å². The molecule has 0 heterocycles. The highest BCUT2D eigenvalue weighted by Gasteiger charge is 2.42. The zero-order valence-electron chi connectivity index (χ0n) is 14.2. The van der Waals surface area contributed by atoms with E-state index in [1.807, 2.05) is 0 Å². The smallest absolute Gasteiger partial charge is 0.373 e. The predicted octanol–water partition coefficient (Wildman–Crippen LogP) is 2.66. The van der Waals surface area contributed by atoms with Crippen LogP contribution in [0.25, 0.3) is 0 Å². The first kappa shape index (κ1) is 21.0. The molecule has 0 fully saturated rings. The lowest BCUT2D eigenvalue weighted by atomic mass is 10.1. The summed E-state index contributed by atoms with van der Waals surface area (Å²) in [6.45, 7) is 9.07. The summed E-state index contributed by atoms with van der Waals surface area (Å²) in [6, 6.07) is 0.808. The molecular formula is C15H36N2O3Si. The molecular weight excluding hydrogens is 284 g/mol. The Kier molecular flexibility index (Phi) is 13.7. The van der Waals surface area contributed by atoms with Crippen LogP contribution < -0.4 is 11.5 Å². The van der Waals surface area contributed by atoms with E-state index in [4.69, 9.17) is 24.7 Å². The molecule has 1 unspecified atom stereocenters. The summed E-state index contributed by atoms with van der Waals surface area (Å²) in [7, 11) is -2.61. The van der Waals surface area contributed by atoms with Gasteiger partial charge in [-0.3, -0.25) is 0 Å². The lowest BCUT2D eigenvalue weighted by Gasteiger charge is -2.33. The van der Waals surface area contributed by atoms with Gasteiger partial charge in [0, 0.05) is 25.4 Å². The van der Waals surface area contributed by atoms with Gasteiger partial charge in [-0.2, -0.15) is 0 Å². The molecule has 5 nitrogen and oxygen atoms in total. The summed E-state index contributed by atoms with van der Waals surface area (Å²) < 4.78 is 18.6. The Labute approximate surface area is 132 Å². The molecule has 0 spiro atoms. The monoisotopic (exact) mass is 320 g/mol. The van der Waals surface area contributed by atoms with Gasteiger partial charge in [0.1, 0.15) is 0 Å². The van der Waals surface area contributed by atoms with Crippen molar-refractivity contribution in [1.29, 1.82) is 0 Å². The average molecular weight is 321 g/mol. The zero-order chi connectivity index (χ0) is 16.0. The van der Waals surface area contributed by atoms with Gasteiger partial charge in [0.05, 0.1) is 0 Å². The van der Waals surface area contributed by atoms with Crippen molar-refractivity contribution in [3.63, 3.8) is 0 Å². The van der Waals surface area contributed by atoms with Crippen LogP contribution in [-0.4, -0.2) is 41.2 Å². The molecule has 0 aliphatic rings. The molecule has 4 N–H and O–H groups in total. The molecule has 0 radical (unpaired) electrons. The molecule has 0 aliphatic carbocycles. The van der Waals surface area contributed by atoms with Crippen molar-refractivity contribution in [3.8, 4) is 0 Å². The van der Waals surface area contributed by atoms with Gasteiger partial charge in [0.2, 0.25) is 0 Å². The second kappa shape index (κ2) is 13.7. The average Bonchev–Trinajstić information content (AvgIpc) is 2.52. The van der Waals surface area contributed by atoms with Crippen LogP contribution in [0.15, 0.2) is 0 Å². The van der Waals surface area contributed by atoms with Crippen molar-refractivity contribution >= 4 is 8.80 Å². The van der Waals surface area contributed by atoms with E-state index < -0.39 is 8.80 Å². The van der Waals surface area contributed by atoms with Gasteiger partial charge in [0.25, 0.3) is 0 Å². The number of hydrogen-bond acceptors (Lipinski definition) is 5. The van der Waals surface area contributed by atoms with Gasteiger partial charge in [0.15, 0.2) is 0 Å². The summed E-state index contributed by atoms with van der Waals surface area (Å²) >= 11 is 0. The topological polar surface area (TPSA) is 79.7 Å². The molecule has 1 atom stereocenters. The predicted molar refractivity (Wildman–Crippen MR) is 90.2 cm³/mol. The first-order chi connectivity index (χ1) is 10.2. The lowest BCUT2D eigenvalue weighted by molar-refractivity contribution is 0.0215. The Bertz CT molecular complexity index is 211. The molecule has 6 heteroatoms. The minimum Gasteiger partial charge on any atom is -0.373 e. The molecule has 0 amide bonds. The van der Waals surface area contributed by atoms with Crippen LogP contribution in [0.5, 0.6) is 0 Å². The SMILES string of the molecule is CCCO[Si](CCCN)(OCCC)OC(CC)CCCN. The third kappa shape index (κ3) is 9.60. The van der Waals surface area contributed by atoms with Crippen LogP contribution in [-0.2, 0) is 13.3 Å². The van der Waals surface area contributed by atoms with Crippen molar-refractivity contribution in [3.05, 3.63) is 0 Å². The van der Waals surface area contributed by atoms with Crippen LogP contribution in [0.1, 0.15) is 59.3 Å². The Morgan fingerprint density at radius 1 is 0.905 bits per heavy atom. The Morgan fingerprint density at radius 2 is 1.48 bits per heavy atom. The highest BCUT2D eigenvalue weighted by Crippen LogP contribution is 2.23. The summed E-state index contributed by atoms with van der Waals surface area (Å²) in [5.74, 6) is 0. The largest absolute Gasteiger partial charge is 0.501 e. The third-order valence-corrected chi connectivity index (χ3v) is 6.22. The quantitative estimate of drug-likeness (QED) is 0.453. The second-order valence-corrected chi connectivity index (χ2v) is 8.03.